The third-order valence-corrected chi connectivity index (χ3v) is 5.65. The molecule has 3 rings (SSSR count). The fraction of sp³-hybridized carbons (Fsp3) is 0.762. The standard InChI is InChI=1S/C21H32N2O4/c1-21(2,3)19-14-16(22-27-19)13-18(24)17-6-4-5-9-23(17)20(25)12-15-7-10-26-11-8-15/h14-15,17H,4-13H2,1-3H3/t17-/m0/s1. The molecule has 0 spiro atoms. The molecule has 2 saturated heterocycles. The van der Waals surface area contributed by atoms with Crippen LogP contribution in [0.5, 0.6) is 0 Å². The predicted octanol–water partition coefficient (Wildman–Crippen LogP) is 3.28. The smallest absolute Gasteiger partial charge is 0.223 e. The summed E-state index contributed by atoms with van der Waals surface area (Å²) in [5.74, 6) is 1.36. The van der Waals surface area contributed by atoms with Gasteiger partial charge in [0.2, 0.25) is 5.91 Å². The van der Waals surface area contributed by atoms with Gasteiger partial charge in [-0.3, -0.25) is 9.59 Å². The van der Waals surface area contributed by atoms with Crippen LogP contribution in [-0.2, 0) is 26.2 Å². The minimum atomic E-state index is -0.319. The van der Waals surface area contributed by atoms with Crippen molar-refractivity contribution in [3.8, 4) is 0 Å². The van der Waals surface area contributed by atoms with Crippen LogP contribution in [0.25, 0.3) is 0 Å². The lowest BCUT2D eigenvalue weighted by Gasteiger charge is -2.36. The zero-order valence-corrected chi connectivity index (χ0v) is 16.8. The quantitative estimate of drug-likeness (QED) is 0.788. The Morgan fingerprint density at radius 1 is 1.19 bits per heavy atom. The van der Waals surface area contributed by atoms with Crippen molar-refractivity contribution < 1.29 is 18.8 Å². The molecule has 0 unspecified atom stereocenters. The van der Waals surface area contributed by atoms with Crippen molar-refractivity contribution in [3.05, 3.63) is 17.5 Å². The SMILES string of the molecule is CC(C)(C)c1cc(CC(=O)[C@@H]2CCCCN2C(=O)CC2CCOCC2)no1. The fourth-order valence-corrected chi connectivity index (χ4v) is 3.92. The third-order valence-electron chi connectivity index (χ3n) is 5.65. The molecule has 0 saturated carbocycles. The third kappa shape index (κ3) is 5.18. The van der Waals surface area contributed by atoms with Gasteiger partial charge in [-0.1, -0.05) is 25.9 Å². The van der Waals surface area contributed by atoms with E-state index in [1.807, 2.05) is 11.0 Å². The Labute approximate surface area is 161 Å². The molecular weight excluding hydrogens is 344 g/mol. The number of ketones is 1. The van der Waals surface area contributed by atoms with Gasteiger partial charge in [0, 0.05) is 37.7 Å². The van der Waals surface area contributed by atoms with Crippen LogP contribution in [0, 0.1) is 5.92 Å². The average molecular weight is 376 g/mol. The average Bonchev–Trinajstić information content (AvgIpc) is 3.11. The maximum Gasteiger partial charge on any atom is 0.223 e. The first-order valence-corrected chi connectivity index (χ1v) is 10.2. The van der Waals surface area contributed by atoms with Crippen molar-refractivity contribution in [2.24, 2.45) is 5.92 Å². The number of amides is 1. The molecule has 6 heteroatoms. The first-order valence-electron chi connectivity index (χ1n) is 10.2. The summed E-state index contributed by atoms with van der Waals surface area (Å²) in [7, 11) is 0. The Balaban J connectivity index is 1.62. The highest BCUT2D eigenvalue weighted by Crippen LogP contribution is 2.26. The van der Waals surface area contributed by atoms with E-state index >= 15 is 0 Å². The van der Waals surface area contributed by atoms with Crippen molar-refractivity contribution in [3.63, 3.8) is 0 Å². The van der Waals surface area contributed by atoms with Gasteiger partial charge in [-0.15, -0.1) is 0 Å². The topological polar surface area (TPSA) is 72.6 Å². The lowest BCUT2D eigenvalue weighted by molar-refractivity contribution is -0.142. The maximum absolute atomic E-state index is 12.9. The number of carbonyl (C=O) groups is 2. The second-order valence-corrected chi connectivity index (χ2v) is 8.93. The summed E-state index contributed by atoms with van der Waals surface area (Å²) in [5.41, 5.74) is 0.525. The van der Waals surface area contributed by atoms with E-state index in [2.05, 4.69) is 25.9 Å². The molecule has 1 amide bonds. The van der Waals surface area contributed by atoms with Gasteiger partial charge in [0.1, 0.15) is 5.76 Å². The van der Waals surface area contributed by atoms with Crippen LogP contribution in [0.15, 0.2) is 10.6 Å². The van der Waals surface area contributed by atoms with Gasteiger partial charge >= 0.3 is 0 Å². The van der Waals surface area contributed by atoms with E-state index in [-0.39, 0.29) is 29.6 Å². The summed E-state index contributed by atoms with van der Waals surface area (Å²) in [4.78, 5) is 27.6. The van der Waals surface area contributed by atoms with Gasteiger partial charge in [0.15, 0.2) is 5.78 Å². The largest absolute Gasteiger partial charge is 0.381 e. The summed E-state index contributed by atoms with van der Waals surface area (Å²) < 4.78 is 10.8. The molecule has 1 aromatic rings. The van der Waals surface area contributed by atoms with E-state index in [9.17, 15) is 9.59 Å². The Hall–Kier alpha value is -1.69. The zero-order chi connectivity index (χ0) is 19.4. The number of carbonyl (C=O) groups excluding carboxylic acids is 2. The van der Waals surface area contributed by atoms with Crippen LogP contribution < -0.4 is 0 Å². The fourth-order valence-electron chi connectivity index (χ4n) is 3.92. The summed E-state index contributed by atoms with van der Waals surface area (Å²) >= 11 is 0. The molecule has 0 aliphatic carbocycles. The van der Waals surface area contributed by atoms with Gasteiger partial charge in [0.25, 0.3) is 0 Å². The van der Waals surface area contributed by atoms with Crippen molar-refractivity contribution in [1.82, 2.24) is 10.1 Å². The molecule has 0 aromatic carbocycles. The molecule has 150 valence electrons. The molecule has 2 aliphatic rings. The number of Topliss-reactive ketones (excluding diaryl/α,β-unsaturated/α-hetero) is 1. The molecule has 0 radical (unpaired) electrons. The summed E-state index contributed by atoms with van der Waals surface area (Å²) in [6.45, 7) is 8.32. The highest BCUT2D eigenvalue weighted by atomic mass is 16.5. The molecule has 3 heterocycles. The molecule has 1 aromatic heterocycles. The Morgan fingerprint density at radius 3 is 2.59 bits per heavy atom. The molecule has 2 aliphatic heterocycles. The molecule has 0 bridgehead atoms. The van der Waals surface area contributed by atoms with Crippen LogP contribution in [-0.4, -0.2) is 47.5 Å². The van der Waals surface area contributed by atoms with Crippen LogP contribution >= 0.6 is 0 Å². The van der Waals surface area contributed by atoms with Crippen molar-refractivity contribution >= 4 is 11.7 Å². The molecule has 0 N–H and O–H groups in total. The van der Waals surface area contributed by atoms with Gasteiger partial charge in [-0.25, -0.2) is 0 Å². The van der Waals surface area contributed by atoms with Crippen LogP contribution in [0.3, 0.4) is 0 Å². The summed E-state index contributed by atoms with van der Waals surface area (Å²) in [6, 6.07) is 1.55. The zero-order valence-electron chi connectivity index (χ0n) is 16.8. The second kappa shape index (κ2) is 8.55. The van der Waals surface area contributed by atoms with E-state index < -0.39 is 0 Å². The van der Waals surface area contributed by atoms with Crippen molar-refractivity contribution in [2.75, 3.05) is 19.8 Å². The number of hydrogen-bond acceptors (Lipinski definition) is 5. The molecular formula is C21H32N2O4. The highest BCUT2D eigenvalue weighted by Gasteiger charge is 2.33. The lowest BCUT2D eigenvalue weighted by atomic mass is 9.91. The Morgan fingerprint density at radius 2 is 1.93 bits per heavy atom. The van der Waals surface area contributed by atoms with E-state index in [0.29, 0.717) is 24.6 Å². The Bertz CT molecular complexity index is 655. The number of likely N-dealkylation sites (tertiary alicyclic amines) is 1. The minimum absolute atomic E-state index is 0.0730. The maximum atomic E-state index is 12.9. The number of rotatable bonds is 5. The molecule has 6 nitrogen and oxygen atoms in total. The summed E-state index contributed by atoms with van der Waals surface area (Å²) in [6.07, 6.45) is 5.35. The number of piperidine rings is 1. The van der Waals surface area contributed by atoms with E-state index in [4.69, 9.17) is 9.26 Å². The first kappa shape index (κ1) is 20.1. The van der Waals surface area contributed by atoms with E-state index in [0.717, 1.165) is 51.1 Å². The normalized spacial score (nSPS) is 22.0. The monoisotopic (exact) mass is 376 g/mol. The highest BCUT2D eigenvalue weighted by molar-refractivity contribution is 5.90. The number of nitrogens with zero attached hydrogens (tertiary/aromatic N) is 2. The van der Waals surface area contributed by atoms with E-state index in [1.165, 1.54) is 0 Å². The number of aromatic nitrogens is 1. The van der Waals surface area contributed by atoms with Gasteiger partial charge in [0.05, 0.1) is 18.2 Å². The molecule has 2 fully saturated rings. The van der Waals surface area contributed by atoms with Gasteiger partial charge in [-0.2, -0.15) is 0 Å². The predicted molar refractivity (Wildman–Crippen MR) is 101 cm³/mol. The van der Waals surface area contributed by atoms with Crippen molar-refractivity contribution in [2.45, 2.75) is 77.2 Å². The van der Waals surface area contributed by atoms with Crippen LogP contribution in [0.2, 0.25) is 0 Å². The van der Waals surface area contributed by atoms with Crippen molar-refractivity contribution in [1.29, 1.82) is 0 Å². The summed E-state index contributed by atoms with van der Waals surface area (Å²) in [5, 5.41) is 4.07. The lowest BCUT2D eigenvalue weighted by Crippen LogP contribution is -2.49. The number of ether oxygens (including phenoxy) is 1. The number of hydrogen-bond donors (Lipinski definition) is 0. The van der Waals surface area contributed by atoms with Crippen LogP contribution in [0.4, 0.5) is 0 Å². The van der Waals surface area contributed by atoms with Gasteiger partial charge < -0.3 is 14.2 Å². The van der Waals surface area contributed by atoms with Gasteiger partial charge in [-0.05, 0) is 38.0 Å². The minimum Gasteiger partial charge on any atom is -0.381 e. The first-order chi connectivity index (χ1) is 12.8. The van der Waals surface area contributed by atoms with Crippen LogP contribution in [0.1, 0.15) is 70.8 Å². The van der Waals surface area contributed by atoms with E-state index in [1.54, 1.807) is 0 Å². The second-order valence-electron chi connectivity index (χ2n) is 8.93. The molecule has 1 atom stereocenters. The molecule has 27 heavy (non-hydrogen) atoms. The Kier molecular flexibility index (Phi) is 6.35.